The second-order valence-corrected chi connectivity index (χ2v) is 15.8. The van der Waals surface area contributed by atoms with Crippen molar-refractivity contribution in [3.8, 4) is 0 Å². The number of carbonyl (C=O) groups is 2. The minimum atomic E-state index is -4.27. The number of aromatic nitrogens is 1. The maximum atomic E-state index is 14.0. The fourth-order valence-electron chi connectivity index (χ4n) is 5.83. The summed E-state index contributed by atoms with van der Waals surface area (Å²) in [6.07, 6.45) is -1.18. The Hall–Kier alpha value is -3.92. The molecule has 0 bridgehead atoms. The van der Waals surface area contributed by atoms with E-state index in [-0.39, 0.29) is 48.0 Å². The summed E-state index contributed by atoms with van der Waals surface area (Å²) in [4.78, 5) is 45.7. The SMILES string of the molecule is Cc1nc(CN2CCN(C(C(=O)N[C@@H](Cc3ccccc3)[C@H](O)CN(CC(C)C)S(=O)(=O)c3cccc([N+](=O)[O-])c3)C(C)C)C2=O)cs1. The van der Waals surface area contributed by atoms with Gasteiger partial charge in [-0.3, -0.25) is 14.9 Å². The summed E-state index contributed by atoms with van der Waals surface area (Å²) in [5.41, 5.74) is 1.23. The average Bonchev–Trinajstić information content (AvgIpc) is 3.61. The lowest BCUT2D eigenvalue weighted by atomic mass is 9.97. The van der Waals surface area contributed by atoms with Crippen LogP contribution in [0.15, 0.2) is 64.9 Å². The highest BCUT2D eigenvalue weighted by atomic mass is 32.2. The Bertz CT molecular complexity index is 1680. The van der Waals surface area contributed by atoms with Crippen molar-refractivity contribution < 1.29 is 28.0 Å². The highest BCUT2D eigenvalue weighted by Crippen LogP contribution is 2.24. The van der Waals surface area contributed by atoms with E-state index in [2.05, 4.69) is 10.3 Å². The predicted octanol–water partition coefficient (Wildman–Crippen LogP) is 4.06. The van der Waals surface area contributed by atoms with Crippen molar-refractivity contribution in [3.63, 3.8) is 0 Å². The van der Waals surface area contributed by atoms with Crippen LogP contribution in [0.4, 0.5) is 10.5 Å². The zero-order chi connectivity index (χ0) is 35.2. The first-order valence-corrected chi connectivity index (χ1v) is 18.2. The third-order valence-electron chi connectivity index (χ3n) is 8.10. The number of nitrogens with zero attached hydrogens (tertiary/aromatic N) is 5. The molecule has 3 aromatic rings. The lowest BCUT2D eigenvalue weighted by molar-refractivity contribution is -0.385. The molecule has 1 aliphatic rings. The van der Waals surface area contributed by atoms with Gasteiger partial charge in [0, 0.05) is 43.7 Å². The molecule has 0 aliphatic carbocycles. The Morgan fingerprint density at radius 2 is 1.81 bits per heavy atom. The largest absolute Gasteiger partial charge is 0.390 e. The van der Waals surface area contributed by atoms with Gasteiger partial charge in [-0.05, 0) is 36.8 Å². The van der Waals surface area contributed by atoms with E-state index in [1.54, 1.807) is 9.80 Å². The number of thiazole rings is 1. The minimum absolute atomic E-state index is 0.0271. The number of aliphatic hydroxyl groups excluding tert-OH is 1. The van der Waals surface area contributed by atoms with Crippen molar-refractivity contribution >= 4 is 39.0 Å². The smallest absolute Gasteiger partial charge is 0.321 e. The van der Waals surface area contributed by atoms with E-state index in [0.29, 0.717) is 19.6 Å². The van der Waals surface area contributed by atoms with Gasteiger partial charge >= 0.3 is 6.03 Å². The Kier molecular flexibility index (Phi) is 12.3. The molecule has 1 aliphatic heterocycles. The number of amides is 3. The molecule has 1 unspecified atom stereocenters. The molecule has 2 N–H and O–H groups in total. The van der Waals surface area contributed by atoms with Gasteiger partial charge in [0.15, 0.2) is 0 Å². The Labute approximate surface area is 285 Å². The molecule has 0 spiro atoms. The van der Waals surface area contributed by atoms with Crippen molar-refractivity contribution in [2.75, 3.05) is 26.2 Å². The summed E-state index contributed by atoms with van der Waals surface area (Å²) in [7, 11) is -4.27. The number of sulfonamides is 1. The first-order valence-electron chi connectivity index (χ1n) is 15.9. The summed E-state index contributed by atoms with van der Waals surface area (Å²) in [5, 5.41) is 28.8. The van der Waals surface area contributed by atoms with E-state index < -0.39 is 39.0 Å². The number of nitro groups is 1. The van der Waals surface area contributed by atoms with Crippen LogP contribution in [0.5, 0.6) is 0 Å². The van der Waals surface area contributed by atoms with E-state index in [9.17, 15) is 33.2 Å². The molecule has 260 valence electrons. The van der Waals surface area contributed by atoms with Crippen LogP contribution >= 0.6 is 11.3 Å². The minimum Gasteiger partial charge on any atom is -0.390 e. The van der Waals surface area contributed by atoms with Crippen LogP contribution in [-0.2, 0) is 27.8 Å². The van der Waals surface area contributed by atoms with E-state index in [1.165, 1.54) is 29.5 Å². The number of aliphatic hydroxyl groups is 1. The van der Waals surface area contributed by atoms with Gasteiger partial charge in [0.2, 0.25) is 15.9 Å². The maximum Gasteiger partial charge on any atom is 0.321 e. The molecule has 3 amide bonds. The molecule has 0 radical (unpaired) electrons. The van der Waals surface area contributed by atoms with Crippen molar-refractivity contribution in [2.45, 2.75) is 70.7 Å². The van der Waals surface area contributed by atoms with Crippen LogP contribution in [0.2, 0.25) is 0 Å². The van der Waals surface area contributed by atoms with Gasteiger partial charge in [0.05, 0.1) is 39.2 Å². The highest BCUT2D eigenvalue weighted by molar-refractivity contribution is 7.89. The second kappa shape index (κ2) is 16.0. The van der Waals surface area contributed by atoms with Crippen molar-refractivity contribution in [1.29, 1.82) is 0 Å². The first-order chi connectivity index (χ1) is 22.7. The molecule has 4 rings (SSSR count). The normalized spacial score (nSPS) is 15.7. The molecule has 15 heteroatoms. The van der Waals surface area contributed by atoms with E-state index in [0.717, 1.165) is 26.6 Å². The number of urea groups is 1. The number of rotatable bonds is 16. The number of aryl methyl sites for hydroxylation is 1. The van der Waals surface area contributed by atoms with Crippen LogP contribution in [0.1, 0.15) is 44.0 Å². The molecule has 3 atom stereocenters. The number of hydrogen-bond acceptors (Lipinski definition) is 9. The third-order valence-corrected chi connectivity index (χ3v) is 10.7. The van der Waals surface area contributed by atoms with E-state index >= 15 is 0 Å². The van der Waals surface area contributed by atoms with Gasteiger partial charge in [-0.2, -0.15) is 4.31 Å². The average molecular weight is 701 g/mol. The van der Waals surface area contributed by atoms with Crippen LogP contribution < -0.4 is 5.32 Å². The third kappa shape index (κ3) is 9.15. The molecular formula is C33H44N6O7S2. The van der Waals surface area contributed by atoms with Gasteiger partial charge in [-0.15, -0.1) is 11.3 Å². The number of carbonyl (C=O) groups excluding carboxylic acids is 2. The summed E-state index contributed by atoms with van der Waals surface area (Å²) < 4.78 is 28.7. The molecular weight excluding hydrogens is 657 g/mol. The van der Waals surface area contributed by atoms with Crippen molar-refractivity contribution in [2.24, 2.45) is 11.8 Å². The second-order valence-electron chi connectivity index (χ2n) is 12.8. The summed E-state index contributed by atoms with van der Waals surface area (Å²) in [5.74, 6) is -0.867. The Morgan fingerprint density at radius 1 is 1.10 bits per heavy atom. The van der Waals surface area contributed by atoms with Crippen LogP contribution in [0.25, 0.3) is 0 Å². The lowest BCUT2D eigenvalue weighted by Crippen LogP contribution is -2.57. The monoisotopic (exact) mass is 700 g/mol. The highest BCUT2D eigenvalue weighted by Gasteiger charge is 2.40. The standard InChI is InChI=1S/C33H44N6O7S2/c1-22(2)18-37(48(45,46)28-13-9-12-27(17-28)39(43)44)20-30(40)29(16-25-10-7-6-8-11-25)35-32(41)31(23(3)4)38-15-14-36(33(38)42)19-26-21-47-24(5)34-26/h6-13,17,21-23,29-31,40H,14-16,18-20H2,1-5H3,(H,35,41)/t29-,30+,31?/m0/s1. The van der Waals surface area contributed by atoms with E-state index in [4.69, 9.17) is 0 Å². The van der Waals surface area contributed by atoms with Gasteiger partial charge in [-0.25, -0.2) is 18.2 Å². The zero-order valence-corrected chi connectivity index (χ0v) is 29.5. The Morgan fingerprint density at radius 3 is 2.42 bits per heavy atom. The number of nitro benzene ring substituents is 1. The fourth-order valence-corrected chi connectivity index (χ4v) is 8.09. The Balaban J connectivity index is 1.58. The quantitative estimate of drug-likeness (QED) is 0.167. The molecule has 13 nitrogen and oxygen atoms in total. The van der Waals surface area contributed by atoms with Crippen LogP contribution in [0, 0.1) is 28.9 Å². The summed E-state index contributed by atoms with van der Waals surface area (Å²) >= 11 is 1.51. The van der Waals surface area contributed by atoms with Gasteiger partial charge in [-0.1, -0.05) is 64.1 Å². The number of hydrogen-bond donors (Lipinski definition) is 2. The van der Waals surface area contributed by atoms with Crippen LogP contribution in [-0.4, -0.2) is 93.8 Å². The molecule has 0 saturated carbocycles. The van der Waals surface area contributed by atoms with Crippen molar-refractivity contribution in [1.82, 2.24) is 24.4 Å². The number of non-ortho nitro benzene ring substituents is 1. The van der Waals surface area contributed by atoms with Gasteiger partial charge < -0.3 is 20.2 Å². The van der Waals surface area contributed by atoms with Crippen LogP contribution in [0.3, 0.4) is 0 Å². The lowest BCUT2D eigenvalue weighted by Gasteiger charge is -2.34. The number of nitrogens with one attached hydrogen (secondary N) is 1. The first kappa shape index (κ1) is 36.9. The molecule has 48 heavy (non-hydrogen) atoms. The summed E-state index contributed by atoms with van der Waals surface area (Å²) in [6, 6.07) is 11.9. The summed E-state index contributed by atoms with van der Waals surface area (Å²) in [6.45, 7) is 10.0. The van der Waals surface area contributed by atoms with Crippen molar-refractivity contribution in [3.05, 3.63) is 86.4 Å². The van der Waals surface area contributed by atoms with E-state index in [1.807, 2.05) is 70.3 Å². The molecule has 2 heterocycles. The molecule has 2 aromatic carbocycles. The van der Waals surface area contributed by atoms with Gasteiger partial charge in [0.1, 0.15) is 6.04 Å². The fraction of sp³-hybridized carbons (Fsp3) is 0.485. The molecule has 1 fully saturated rings. The predicted molar refractivity (Wildman–Crippen MR) is 183 cm³/mol. The van der Waals surface area contributed by atoms with Gasteiger partial charge in [0.25, 0.3) is 5.69 Å². The topological polar surface area (TPSA) is 166 Å². The molecule has 1 saturated heterocycles. The zero-order valence-electron chi connectivity index (χ0n) is 27.9. The molecule has 1 aromatic heterocycles. The number of benzene rings is 2. The maximum absolute atomic E-state index is 14.0.